The van der Waals surface area contributed by atoms with Crippen molar-refractivity contribution in [1.29, 1.82) is 0 Å². The van der Waals surface area contributed by atoms with Crippen molar-refractivity contribution in [2.45, 2.75) is 38.4 Å². The monoisotopic (exact) mass is 327 g/mol. The number of benzene rings is 1. The second kappa shape index (κ2) is 7.70. The molecule has 2 amide bonds. The van der Waals surface area contributed by atoms with Gasteiger partial charge in [-0.25, -0.2) is 13.6 Å². The minimum absolute atomic E-state index is 0.136. The molecule has 1 fully saturated rings. The van der Waals surface area contributed by atoms with E-state index in [1.807, 2.05) is 13.8 Å². The molecule has 2 unspecified atom stereocenters. The SMILES string of the molecule is CC(C)N1CCC(NC(=O)NCCO)C1c1ccc(F)c(F)c1. The molecule has 0 aromatic heterocycles. The molecule has 128 valence electrons. The summed E-state index contributed by atoms with van der Waals surface area (Å²) in [7, 11) is 0. The van der Waals surface area contributed by atoms with Crippen LogP contribution in [0.2, 0.25) is 0 Å². The fraction of sp³-hybridized carbons (Fsp3) is 0.562. The van der Waals surface area contributed by atoms with Gasteiger partial charge in [-0.05, 0) is 38.0 Å². The van der Waals surface area contributed by atoms with Crippen molar-refractivity contribution < 1.29 is 18.7 Å². The topological polar surface area (TPSA) is 64.6 Å². The minimum atomic E-state index is -0.887. The molecule has 1 aromatic carbocycles. The zero-order valence-corrected chi connectivity index (χ0v) is 13.4. The van der Waals surface area contributed by atoms with Crippen LogP contribution in [0.1, 0.15) is 31.9 Å². The van der Waals surface area contributed by atoms with E-state index in [2.05, 4.69) is 15.5 Å². The minimum Gasteiger partial charge on any atom is -0.395 e. The van der Waals surface area contributed by atoms with Crippen molar-refractivity contribution in [3.8, 4) is 0 Å². The van der Waals surface area contributed by atoms with Crippen LogP contribution in [0.15, 0.2) is 18.2 Å². The maximum Gasteiger partial charge on any atom is 0.315 e. The summed E-state index contributed by atoms with van der Waals surface area (Å²) in [6, 6.07) is 3.28. The second-order valence-electron chi connectivity index (χ2n) is 5.97. The van der Waals surface area contributed by atoms with Gasteiger partial charge in [0.2, 0.25) is 0 Å². The molecular weight excluding hydrogens is 304 g/mol. The van der Waals surface area contributed by atoms with Gasteiger partial charge in [0.15, 0.2) is 11.6 Å². The first kappa shape index (κ1) is 17.6. The number of aliphatic hydroxyl groups excluding tert-OH is 1. The van der Waals surface area contributed by atoms with Crippen LogP contribution in [0.3, 0.4) is 0 Å². The summed E-state index contributed by atoms with van der Waals surface area (Å²) >= 11 is 0. The van der Waals surface area contributed by atoms with E-state index in [1.54, 1.807) is 6.07 Å². The van der Waals surface area contributed by atoms with E-state index in [0.717, 1.165) is 12.6 Å². The Bertz CT molecular complexity index is 554. The van der Waals surface area contributed by atoms with Crippen LogP contribution >= 0.6 is 0 Å². The van der Waals surface area contributed by atoms with Gasteiger partial charge in [-0.1, -0.05) is 6.07 Å². The Labute approximate surface area is 134 Å². The van der Waals surface area contributed by atoms with Crippen molar-refractivity contribution in [3.05, 3.63) is 35.4 Å². The maximum atomic E-state index is 13.6. The van der Waals surface area contributed by atoms with Crippen LogP contribution < -0.4 is 10.6 Å². The van der Waals surface area contributed by atoms with Crippen molar-refractivity contribution in [3.63, 3.8) is 0 Å². The number of nitrogens with one attached hydrogen (secondary N) is 2. The van der Waals surface area contributed by atoms with E-state index < -0.39 is 11.6 Å². The largest absolute Gasteiger partial charge is 0.395 e. The Hall–Kier alpha value is -1.73. The molecule has 23 heavy (non-hydrogen) atoms. The van der Waals surface area contributed by atoms with Crippen molar-refractivity contribution >= 4 is 6.03 Å². The van der Waals surface area contributed by atoms with Crippen molar-refractivity contribution in [2.24, 2.45) is 0 Å². The van der Waals surface area contributed by atoms with Gasteiger partial charge in [-0.15, -0.1) is 0 Å². The molecule has 1 aliphatic heterocycles. The Morgan fingerprint density at radius 1 is 1.39 bits per heavy atom. The number of rotatable bonds is 5. The Morgan fingerprint density at radius 3 is 2.74 bits per heavy atom. The molecule has 2 rings (SSSR count). The van der Waals surface area contributed by atoms with Gasteiger partial charge in [0.05, 0.1) is 18.7 Å². The van der Waals surface area contributed by atoms with E-state index in [-0.39, 0.29) is 37.3 Å². The van der Waals surface area contributed by atoms with Crippen LogP contribution in [0, 0.1) is 11.6 Å². The third-order valence-electron chi connectivity index (χ3n) is 4.10. The first-order valence-electron chi connectivity index (χ1n) is 7.80. The van der Waals surface area contributed by atoms with Crippen LogP contribution in [0.25, 0.3) is 0 Å². The standard InChI is InChI=1S/C16H23F2N3O2/c1-10(2)21-7-5-14(20-16(23)19-6-8-22)15(21)11-3-4-12(17)13(18)9-11/h3-4,9-10,14-15,22H,5-8H2,1-2H3,(H2,19,20,23). The highest BCUT2D eigenvalue weighted by atomic mass is 19.2. The molecule has 1 heterocycles. The molecule has 0 radical (unpaired) electrons. The molecule has 7 heteroatoms. The first-order chi connectivity index (χ1) is 10.9. The summed E-state index contributed by atoms with van der Waals surface area (Å²) in [5, 5.41) is 14.2. The predicted molar refractivity (Wildman–Crippen MR) is 83.0 cm³/mol. The molecule has 5 nitrogen and oxygen atoms in total. The smallest absolute Gasteiger partial charge is 0.315 e. The number of carbonyl (C=O) groups is 1. The summed E-state index contributed by atoms with van der Waals surface area (Å²) in [4.78, 5) is 14.0. The third-order valence-corrected chi connectivity index (χ3v) is 4.10. The van der Waals surface area contributed by atoms with E-state index >= 15 is 0 Å². The van der Waals surface area contributed by atoms with Gasteiger partial charge in [0.25, 0.3) is 0 Å². The zero-order valence-electron chi connectivity index (χ0n) is 13.4. The number of urea groups is 1. The van der Waals surface area contributed by atoms with Gasteiger partial charge in [-0.2, -0.15) is 0 Å². The molecule has 2 atom stereocenters. The highest BCUT2D eigenvalue weighted by molar-refractivity contribution is 5.74. The molecule has 0 saturated carbocycles. The van der Waals surface area contributed by atoms with E-state index in [1.165, 1.54) is 6.07 Å². The Kier molecular flexibility index (Phi) is 5.90. The number of nitrogens with zero attached hydrogens (tertiary/aromatic N) is 1. The van der Waals surface area contributed by atoms with Crippen LogP contribution in [0.4, 0.5) is 13.6 Å². The lowest BCUT2D eigenvalue weighted by Crippen LogP contribution is -2.46. The highest BCUT2D eigenvalue weighted by Crippen LogP contribution is 2.34. The van der Waals surface area contributed by atoms with Gasteiger partial charge in [0, 0.05) is 19.1 Å². The summed E-state index contributed by atoms with van der Waals surface area (Å²) in [5.41, 5.74) is 0.641. The number of hydrogen-bond acceptors (Lipinski definition) is 3. The highest BCUT2D eigenvalue weighted by Gasteiger charge is 2.37. The summed E-state index contributed by atoms with van der Waals surface area (Å²) in [6.07, 6.45) is 0.717. The van der Waals surface area contributed by atoms with Gasteiger partial charge in [0.1, 0.15) is 0 Å². The van der Waals surface area contributed by atoms with Crippen molar-refractivity contribution in [1.82, 2.24) is 15.5 Å². The maximum absolute atomic E-state index is 13.6. The quantitative estimate of drug-likeness (QED) is 0.772. The molecule has 1 aromatic rings. The molecular formula is C16H23F2N3O2. The number of amides is 2. The van der Waals surface area contributed by atoms with E-state index in [0.29, 0.717) is 12.0 Å². The second-order valence-corrected chi connectivity index (χ2v) is 5.97. The molecule has 1 saturated heterocycles. The van der Waals surface area contributed by atoms with E-state index in [4.69, 9.17) is 5.11 Å². The van der Waals surface area contributed by atoms with Gasteiger partial charge >= 0.3 is 6.03 Å². The Balaban J connectivity index is 2.20. The van der Waals surface area contributed by atoms with E-state index in [9.17, 15) is 13.6 Å². The fourth-order valence-corrected chi connectivity index (χ4v) is 3.06. The number of aliphatic hydroxyl groups is 1. The van der Waals surface area contributed by atoms with Gasteiger partial charge < -0.3 is 15.7 Å². The molecule has 0 bridgehead atoms. The lowest BCUT2D eigenvalue weighted by molar-refractivity contribution is 0.187. The summed E-state index contributed by atoms with van der Waals surface area (Å²) < 4.78 is 26.8. The number of halogens is 2. The zero-order chi connectivity index (χ0) is 17.0. The summed E-state index contributed by atoms with van der Waals surface area (Å²) in [6.45, 7) is 4.85. The molecule has 0 aliphatic carbocycles. The molecule has 0 spiro atoms. The summed E-state index contributed by atoms with van der Waals surface area (Å²) in [5.74, 6) is -1.77. The predicted octanol–water partition coefficient (Wildman–Crippen LogP) is 1.78. The number of likely N-dealkylation sites (tertiary alicyclic amines) is 1. The number of carbonyl (C=O) groups excluding carboxylic acids is 1. The molecule has 1 aliphatic rings. The average molecular weight is 327 g/mol. The van der Waals surface area contributed by atoms with Crippen LogP contribution in [0.5, 0.6) is 0 Å². The number of hydrogen-bond donors (Lipinski definition) is 3. The molecule has 3 N–H and O–H groups in total. The lowest BCUT2D eigenvalue weighted by Gasteiger charge is -2.32. The van der Waals surface area contributed by atoms with Crippen LogP contribution in [-0.2, 0) is 0 Å². The Morgan fingerprint density at radius 2 is 2.13 bits per heavy atom. The fourth-order valence-electron chi connectivity index (χ4n) is 3.06. The average Bonchev–Trinajstić information content (AvgIpc) is 2.91. The first-order valence-corrected chi connectivity index (χ1v) is 7.80. The third kappa shape index (κ3) is 4.17. The lowest BCUT2D eigenvalue weighted by atomic mass is 9.99. The van der Waals surface area contributed by atoms with Crippen LogP contribution in [-0.4, -0.2) is 47.8 Å². The van der Waals surface area contributed by atoms with Gasteiger partial charge in [-0.3, -0.25) is 4.90 Å². The normalized spacial score (nSPS) is 21.7. The van der Waals surface area contributed by atoms with Crippen molar-refractivity contribution in [2.75, 3.05) is 19.7 Å².